The molecule has 10 heteroatoms. The normalized spacial score (nSPS) is 13.6. The number of urea groups is 1. The highest BCUT2D eigenvalue weighted by Crippen LogP contribution is 2.40. The summed E-state index contributed by atoms with van der Waals surface area (Å²) < 4.78 is 21.5. The van der Waals surface area contributed by atoms with Gasteiger partial charge in [0.2, 0.25) is 11.6 Å². The van der Waals surface area contributed by atoms with Crippen LogP contribution < -0.4 is 29.2 Å². The number of methoxy groups -OCH3 is 3. The van der Waals surface area contributed by atoms with Crippen molar-refractivity contribution >= 4 is 17.5 Å². The molecule has 2 amide bonds. The lowest BCUT2D eigenvalue weighted by atomic mass is 10.2. The number of ether oxygens (including phenoxy) is 4. The molecule has 2 aromatic rings. The van der Waals surface area contributed by atoms with E-state index < -0.39 is 0 Å². The Balaban J connectivity index is 1.65. The third kappa shape index (κ3) is 5.19. The number of aromatic nitrogens is 2. The van der Waals surface area contributed by atoms with E-state index in [4.69, 9.17) is 18.9 Å². The number of hydrogen-bond acceptors (Lipinski definition) is 8. The Morgan fingerprint density at radius 2 is 1.65 bits per heavy atom. The van der Waals surface area contributed by atoms with Gasteiger partial charge >= 0.3 is 6.03 Å². The standard InChI is InChI=1S/C21H29N5O5/c1-6-31-19-13-18(22-14(2)23-19)25-7-9-26(10-8-25)21(27)24-15-11-16(28-3)20(30-5)17(12-15)29-4/h11-13H,6-10H2,1-5H3,(H,24,27). The van der Waals surface area contributed by atoms with E-state index in [1.54, 1.807) is 17.0 Å². The van der Waals surface area contributed by atoms with Crippen molar-refractivity contribution in [2.24, 2.45) is 0 Å². The number of benzene rings is 1. The number of carbonyl (C=O) groups excluding carboxylic acids is 1. The molecule has 0 unspecified atom stereocenters. The number of nitrogens with zero attached hydrogens (tertiary/aromatic N) is 4. The second-order valence-electron chi connectivity index (χ2n) is 6.86. The van der Waals surface area contributed by atoms with Gasteiger partial charge in [0.25, 0.3) is 0 Å². The van der Waals surface area contributed by atoms with Crippen molar-refractivity contribution in [2.75, 3.05) is 64.3 Å². The van der Waals surface area contributed by atoms with Crippen LogP contribution >= 0.6 is 0 Å². The maximum absolute atomic E-state index is 12.8. The van der Waals surface area contributed by atoms with Crippen molar-refractivity contribution in [1.29, 1.82) is 0 Å². The summed E-state index contributed by atoms with van der Waals surface area (Å²) in [5.74, 6) is 3.46. The molecule has 1 N–H and O–H groups in total. The zero-order valence-electron chi connectivity index (χ0n) is 18.6. The molecule has 1 fully saturated rings. The van der Waals surface area contributed by atoms with Crippen molar-refractivity contribution in [3.63, 3.8) is 0 Å². The zero-order chi connectivity index (χ0) is 22.4. The van der Waals surface area contributed by atoms with Gasteiger partial charge in [0.05, 0.1) is 33.6 Å². The predicted octanol–water partition coefficient (Wildman–Crippen LogP) is 2.56. The molecule has 0 radical (unpaired) electrons. The van der Waals surface area contributed by atoms with Gasteiger partial charge in [0, 0.05) is 44.4 Å². The second-order valence-corrected chi connectivity index (χ2v) is 6.86. The van der Waals surface area contributed by atoms with Crippen LogP contribution in [0.2, 0.25) is 0 Å². The van der Waals surface area contributed by atoms with E-state index in [1.807, 2.05) is 19.9 Å². The molecule has 0 spiro atoms. The van der Waals surface area contributed by atoms with Crippen molar-refractivity contribution < 1.29 is 23.7 Å². The molecular formula is C21H29N5O5. The maximum atomic E-state index is 12.8. The fraction of sp³-hybridized carbons (Fsp3) is 0.476. The SMILES string of the molecule is CCOc1cc(N2CCN(C(=O)Nc3cc(OC)c(OC)c(OC)c3)CC2)nc(C)n1. The topological polar surface area (TPSA) is 98.3 Å². The Kier molecular flexibility index (Phi) is 7.22. The number of amides is 2. The van der Waals surface area contributed by atoms with Gasteiger partial charge in [-0.3, -0.25) is 0 Å². The predicted molar refractivity (Wildman–Crippen MR) is 117 cm³/mol. The fourth-order valence-electron chi connectivity index (χ4n) is 3.40. The molecule has 1 aromatic carbocycles. The molecule has 3 rings (SSSR count). The number of piperazine rings is 1. The zero-order valence-corrected chi connectivity index (χ0v) is 18.6. The van der Waals surface area contributed by atoms with Crippen LogP contribution in [0.3, 0.4) is 0 Å². The fourth-order valence-corrected chi connectivity index (χ4v) is 3.40. The lowest BCUT2D eigenvalue weighted by Gasteiger charge is -2.35. The van der Waals surface area contributed by atoms with Crippen LogP contribution in [0.5, 0.6) is 23.1 Å². The Morgan fingerprint density at radius 1 is 1.00 bits per heavy atom. The number of carbonyl (C=O) groups is 1. The first-order valence-electron chi connectivity index (χ1n) is 10.1. The molecule has 1 saturated heterocycles. The minimum atomic E-state index is -0.192. The molecule has 0 saturated carbocycles. The minimum absolute atomic E-state index is 0.192. The Morgan fingerprint density at radius 3 is 2.19 bits per heavy atom. The van der Waals surface area contributed by atoms with E-state index in [9.17, 15) is 4.79 Å². The van der Waals surface area contributed by atoms with E-state index in [0.717, 1.165) is 5.82 Å². The molecule has 31 heavy (non-hydrogen) atoms. The summed E-state index contributed by atoms with van der Waals surface area (Å²) in [7, 11) is 4.61. The molecule has 1 aliphatic rings. The second kappa shape index (κ2) is 10.1. The number of hydrogen-bond donors (Lipinski definition) is 1. The highest BCUT2D eigenvalue weighted by Gasteiger charge is 2.23. The summed E-state index contributed by atoms with van der Waals surface area (Å²) in [4.78, 5) is 25.5. The maximum Gasteiger partial charge on any atom is 0.321 e. The van der Waals surface area contributed by atoms with Gasteiger partial charge in [-0.15, -0.1) is 0 Å². The van der Waals surface area contributed by atoms with Gasteiger partial charge < -0.3 is 34.1 Å². The van der Waals surface area contributed by atoms with Gasteiger partial charge in [0.15, 0.2) is 11.5 Å². The first-order chi connectivity index (χ1) is 15.0. The van der Waals surface area contributed by atoms with Crippen molar-refractivity contribution in [1.82, 2.24) is 14.9 Å². The van der Waals surface area contributed by atoms with Gasteiger partial charge in [-0.1, -0.05) is 0 Å². The Bertz CT molecular complexity index is 890. The van der Waals surface area contributed by atoms with Gasteiger partial charge in [-0.25, -0.2) is 9.78 Å². The Hall–Kier alpha value is -3.43. The highest BCUT2D eigenvalue weighted by atomic mass is 16.5. The van der Waals surface area contributed by atoms with Gasteiger partial charge in [0.1, 0.15) is 11.6 Å². The summed E-state index contributed by atoms with van der Waals surface area (Å²) in [5.41, 5.74) is 0.565. The molecule has 0 atom stereocenters. The van der Waals surface area contributed by atoms with E-state index >= 15 is 0 Å². The summed E-state index contributed by atoms with van der Waals surface area (Å²) in [6.45, 7) is 6.74. The van der Waals surface area contributed by atoms with Gasteiger partial charge in [-0.2, -0.15) is 4.98 Å². The van der Waals surface area contributed by atoms with Crippen LogP contribution in [0.1, 0.15) is 12.7 Å². The highest BCUT2D eigenvalue weighted by molar-refractivity contribution is 5.90. The molecule has 1 aliphatic heterocycles. The average molecular weight is 431 g/mol. The van der Waals surface area contributed by atoms with Crippen LogP contribution in [0.25, 0.3) is 0 Å². The minimum Gasteiger partial charge on any atom is -0.493 e. The molecular weight excluding hydrogens is 402 g/mol. The van der Waals surface area contributed by atoms with Crippen molar-refractivity contribution in [3.05, 3.63) is 24.0 Å². The van der Waals surface area contributed by atoms with Crippen LogP contribution in [0.4, 0.5) is 16.3 Å². The number of aryl methyl sites for hydroxylation is 1. The van der Waals surface area contributed by atoms with Crippen LogP contribution in [-0.2, 0) is 0 Å². The largest absolute Gasteiger partial charge is 0.493 e. The third-order valence-corrected chi connectivity index (χ3v) is 4.90. The van der Waals surface area contributed by atoms with Crippen molar-refractivity contribution in [3.8, 4) is 23.1 Å². The number of rotatable bonds is 7. The van der Waals surface area contributed by atoms with E-state index in [2.05, 4.69) is 20.2 Å². The van der Waals surface area contributed by atoms with E-state index in [0.29, 0.717) is 67.4 Å². The molecule has 0 aliphatic carbocycles. The molecule has 10 nitrogen and oxygen atoms in total. The first kappa shape index (κ1) is 22.3. The van der Waals surface area contributed by atoms with Crippen LogP contribution in [0.15, 0.2) is 18.2 Å². The third-order valence-electron chi connectivity index (χ3n) is 4.90. The molecule has 1 aromatic heterocycles. The van der Waals surface area contributed by atoms with Crippen molar-refractivity contribution in [2.45, 2.75) is 13.8 Å². The molecule has 2 heterocycles. The van der Waals surface area contributed by atoms with Gasteiger partial charge in [-0.05, 0) is 13.8 Å². The molecule has 0 bridgehead atoms. The first-order valence-corrected chi connectivity index (χ1v) is 10.1. The monoisotopic (exact) mass is 431 g/mol. The summed E-state index contributed by atoms with van der Waals surface area (Å²) in [6, 6.07) is 5.05. The number of anilines is 2. The average Bonchev–Trinajstić information content (AvgIpc) is 2.78. The Labute approximate surface area is 182 Å². The van der Waals surface area contributed by atoms with E-state index in [-0.39, 0.29) is 6.03 Å². The lowest BCUT2D eigenvalue weighted by molar-refractivity contribution is 0.208. The summed E-state index contributed by atoms with van der Waals surface area (Å²) in [6.07, 6.45) is 0. The summed E-state index contributed by atoms with van der Waals surface area (Å²) in [5, 5.41) is 2.91. The lowest BCUT2D eigenvalue weighted by Crippen LogP contribution is -2.50. The molecule has 168 valence electrons. The number of nitrogens with one attached hydrogen (secondary N) is 1. The van der Waals surface area contributed by atoms with E-state index in [1.165, 1.54) is 21.3 Å². The quantitative estimate of drug-likeness (QED) is 0.714. The summed E-state index contributed by atoms with van der Waals surface area (Å²) >= 11 is 0. The van der Waals surface area contributed by atoms with Crippen LogP contribution in [-0.4, -0.2) is 75.0 Å². The smallest absolute Gasteiger partial charge is 0.321 e. The van der Waals surface area contributed by atoms with Crippen LogP contribution in [0, 0.1) is 6.92 Å².